The number of pyridine rings is 1. The van der Waals surface area contributed by atoms with Crippen LogP contribution in [0.1, 0.15) is 24.2 Å². The Morgan fingerprint density at radius 2 is 1.93 bits per heavy atom. The smallest absolute Gasteiger partial charge is 0.251 e. The van der Waals surface area contributed by atoms with Gasteiger partial charge in [-0.1, -0.05) is 0 Å². The van der Waals surface area contributed by atoms with Crippen molar-refractivity contribution < 1.29 is 17.9 Å². The number of nitrogens with one attached hydrogen (secondary N) is 2. The van der Waals surface area contributed by atoms with Crippen molar-refractivity contribution in [2.75, 3.05) is 17.0 Å². The first-order valence-electron chi connectivity index (χ1n) is 8.81. The molecule has 8 nitrogen and oxygen atoms in total. The molecule has 0 aliphatic carbocycles. The zero-order chi connectivity index (χ0) is 20.1. The van der Waals surface area contributed by atoms with Crippen molar-refractivity contribution in [1.29, 1.82) is 0 Å². The summed E-state index contributed by atoms with van der Waals surface area (Å²) in [5, 5.41) is 6.67. The van der Waals surface area contributed by atoms with Crippen LogP contribution in [0.4, 0.5) is 5.69 Å². The van der Waals surface area contributed by atoms with Crippen molar-refractivity contribution in [3.8, 4) is 5.75 Å². The largest absolute Gasteiger partial charge is 0.491 e. The van der Waals surface area contributed by atoms with E-state index in [1.54, 1.807) is 59.4 Å². The topological polar surface area (TPSA) is 102 Å². The second-order valence-electron chi connectivity index (χ2n) is 6.48. The van der Waals surface area contributed by atoms with Crippen molar-refractivity contribution in [3.05, 3.63) is 60.4 Å². The lowest BCUT2D eigenvalue weighted by Gasteiger charge is -2.11. The molecular weight excluding hydrogens is 380 g/mol. The summed E-state index contributed by atoms with van der Waals surface area (Å²) >= 11 is 0. The predicted molar refractivity (Wildman–Crippen MR) is 107 cm³/mol. The number of benzene rings is 1. The van der Waals surface area contributed by atoms with E-state index in [0.29, 0.717) is 17.0 Å². The fraction of sp³-hybridized carbons (Fsp3) is 0.263. The minimum absolute atomic E-state index is 0.00661. The van der Waals surface area contributed by atoms with Crippen molar-refractivity contribution in [1.82, 2.24) is 14.9 Å². The van der Waals surface area contributed by atoms with Gasteiger partial charge in [0.05, 0.1) is 23.1 Å². The van der Waals surface area contributed by atoms with Crippen molar-refractivity contribution in [2.24, 2.45) is 0 Å². The molecule has 28 heavy (non-hydrogen) atoms. The average molecular weight is 402 g/mol. The van der Waals surface area contributed by atoms with Crippen LogP contribution in [0.5, 0.6) is 5.75 Å². The fourth-order valence-corrected chi connectivity index (χ4v) is 3.53. The summed E-state index contributed by atoms with van der Waals surface area (Å²) in [5.74, 6) is 0.0954. The number of ether oxygens (including phenoxy) is 1. The Kier molecular flexibility index (Phi) is 5.84. The number of nitrogens with zero attached hydrogens (tertiary/aromatic N) is 2. The molecule has 0 unspecified atom stereocenters. The van der Waals surface area contributed by atoms with Crippen LogP contribution in [0.25, 0.3) is 5.52 Å². The van der Waals surface area contributed by atoms with Gasteiger partial charge in [-0.25, -0.2) is 12.9 Å². The summed E-state index contributed by atoms with van der Waals surface area (Å²) in [6.45, 7) is 3.83. The summed E-state index contributed by atoms with van der Waals surface area (Å²) in [4.78, 5) is 12.2. The first-order chi connectivity index (χ1) is 13.3. The van der Waals surface area contributed by atoms with Gasteiger partial charge in [-0.3, -0.25) is 9.52 Å². The SMILES string of the molecule is CC(C)Oc1ccc(C(=O)NCCS(=O)(=O)Nc2ccn3nccc3c2)cc1. The number of rotatable bonds is 8. The molecule has 9 heteroatoms. The zero-order valence-electron chi connectivity index (χ0n) is 15.6. The highest BCUT2D eigenvalue weighted by Crippen LogP contribution is 2.14. The number of carbonyl (C=O) groups excluding carboxylic acids is 1. The third kappa shape index (κ3) is 5.23. The molecule has 0 spiro atoms. The maximum Gasteiger partial charge on any atom is 0.251 e. The quantitative estimate of drug-likeness (QED) is 0.602. The Hall–Kier alpha value is -3.07. The standard InChI is InChI=1S/C19H22N4O4S/c1-14(2)27-18-5-3-15(4-6-18)19(24)20-10-12-28(25,26)22-16-8-11-23-17(13-16)7-9-21-23/h3-9,11,13-14,22H,10,12H2,1-2H3,(H,20,24). The first-order valence-corrected chi connectivity index (χ1v) is 10.5. The van der Waals surface area contributed by atoms with Crippen LogP contribution in [0.15, 0.2) is 54.9 Å². The van der Waals surface area contributed by atoms with Gasteiger partial charge < -0.3 is 10.1 Å². The Bertz CT molecular complexity index is 1060. The number of hydrogen-bond acceptors (Lipinski definition) is 5. The summed E-state index contributed by atoms with van der Waals surface area (Å²) < 4.78 is 34.1. The molecule has 3 rings (SSSR count). The minimum Gasteiger partial charge on any atom is -0.491 e. The van der Waals surface area contributed by atoms with Crippen LogP contribution >= 0.6 is 0 Å². The molecule has 0 atom stereocenters. The molecule has 0 fully saturated rings. The third-order valence-electron chi connectivity index (χ3n) is 3.82. The molecule has 0 aliphatic rings. The van der Waals surface area contributed by atoms with Gasteiger partial charge in [-0.15, -0.1) is 0 Å². The Morgan fingerprint density at radius 3 is 2.64 bits per heavy atom. The second-order valence-corrected chi connectivity index (χ2v) is 8.33. The van der Waals surface area contributed by atoms with Gasteiger partial charge in [0.25, 0.3) is 5.91 Å². The molecule has 3 aromatic rings. The van der Waals surface area contributed by atoms with Gasteiger partial charge in [0, 0.05) is 24.5 Å². The monoisotopic (exact) mass is 402 g/mol. The van der Waals surface area contributed by atoms with E-state index in [1.165, 1.54) is 0 Å². The Morgan fingerprint density at radius 1 is 1.18 bits per heavy atom. The van der Waals surface area contributed by atoms with E-state index in [2.05, 4.69) is 15.1 Å². The minimum atomic E-state index is -3.60. The highest BCUT2D eigenvalue weighted by Gasteiger charge is 2.13. The average Bonchev–Trinajstić information content (AvgIpc) is 3.09. The van der Waals surface area contributed by atoms with E-state index in [-0.39, 0.29) is 24.3 Å². The molecule has 0 saturated heterocycles. The number of carbonyl (C=O) groups is 1. The molecule has 0 bridgehead atoms. The van der Waals surface area contributed by atoms with Crippen LogP contribution in [0, 0.1) is 0 Å². The van der Waals surface area contributed by atoms with Crippen molar-refractivity contribution in [2.45, 2.75) is 20.0 Å². The number of anilines is 1. The molecule has 0 radical (unpaired) electrons. The number of sulfonamides is 1. The van der Waals surface area contributed by atoms with E-state index in [1.807, 2.05) is 13.8 Å². The molecule has 1 aromatic carbocycles. The Balaban J connectivity index is 1.52. The number of aromatic nitrogens is 2. The van der Waals surface area contributed by atoms with E-state index >= 15 is 0 Å². The van der Waals surface area contributed by atoms with E-state index < -0.39 is 10.0 Å². The summed E-state index contributed by atoms with van der Waals surface area (Å²) in [6, 6.07) is 11.8. The summed E-state index contributed by atoms with van der Waals surface area (Å²) in [6.07, 6.45) is 3.35. The molecule has 2 aromatic heterocycles. The van der Waals surface area contributed by atoms with E-state index in [4.69, 9.17) is 4.74 Å². The number of hydrogen-bond donors (Lipinski definition) is 2. The molecule has 0 saturated carbocycles. The normalized spacial score (nSPS) is 11.5. The number of amides is 1. The van der Waals surface area contributed by atoms with Gasteiger partial charge >= 0.3 is 0 Å². The van der Waals surface area contributed by atoms with E-state index in [9.17, 15) is 13.2 Å². The van der Waals surface area contributed by atoms with Crippen LogP contribution in [-0.2, 0) is 10.0 Å². The zero-order valence-corrected chi connectivity index (χ0v) is 16.4. The van der Waals surface area contributed by atoms with Gasteiger partial charge in [0.2, 0.25) is 10.0 Å². The highest BCUT2D eigenvalue weighted by molar-refractivity contribution is 7.92. The van der Waals surface area contributed by atoms with Gasteiger partial charge in [0.15, 0.2) is 0 Å². The lowest BCUT2D eigenvalue weighted by Crippen LogP contribution is -2.31. The van der Waals surface area contributed by atoms with Crippen LogP contribution < -0.4 is 14.8 Å². The molecule has 148 valence electrons. The fourth-order valence-electron chi connectivity index (χ4n) is 2.57. The molecular formula is C19H22N4O4S. The van der Waals surface area contributed by atoms with Crippen molar-refractivity contribution in [3.63, 3.8) is 0 Å². The van der Waals surface area contributed by atoms with Crippen LogP contribution in [0.3, 0.4) is 0 Å². The van der Waals surface area contributed by atoms with Crippen LogP contribution in [0.2, 0.25) is 0 Å². The molecule has 2 heterocycles. The lowest BCUT2D eigenvalue weighted by molar-refractivity contribution is 0.0956. The lowest BCUT2D eigenvalue weighted by atomic mass is 10.2. The molecule has 2 N–H and O–H groups in total. The van der Waals surface area contributed by atoms with Crippen LogP contribution in [-0.4, -0.2) is 42.3 Å². The van der Waals surface area contributed by atoms with Gasteiger partial charge in [-0.05, 0) is 56.3 Å². The first kappa shape index (κ1) is 19.7. The molecule has 1 amide bonds. The van der Waals surface area contributed by atoms with E-state index in [0.717, 1.165) is 5.52 Å². The summed E-state index contributed by atoms with van der Waals surface area (Å²) in [7, 11) is -3.60. The highest BCUT2D eigenvalue weighted by atomic mass is 32.2. The number of fused-ring (bicyclic) bond motifs is 1. The molecule has 0 aliphatic heterocycles. The second kappa shape index (κ2) is 8.30. The van der Waals surface area contributed by atoms with Crippen molar-refractivity contribution >= 4 is 27.1 Å². The predicted octanol–water partition coefficient (Wildman–Crippen LogP) is 2.29. The van der Waals surface area contributed by atoms with Gasteiger partial charge in [0.1, 0.15) is 5.75 Å². The van der Waals surface area contributed by atoms with Gasteiger partial charge in [-0.2, -0.15) is 5.10 Å². The third-order valence-corrected chi connectivity index (χ3v) is 5.11. The Labute approximate surface area is 163 Å². The maximum absolute atomic E-state index is 12.2. The maximum atomic E-state index is 12.2. The summed E-state index contributed by atoms with van der Waals surface area (Å²) in [5.41, 5.74) is 1.66.